The maximum absolute atomic E-state index is 11.7. The van der Waals surface area contributed by atoms with E-state index in [1.54, 1.807) is 0 Å². The highest BCUT2D eigenvalue weighted by Gasteiger charge is 2.28. The Bertz CT molecular complexity index is 379. The van der Waals surface area contributed by atoms with Crippen LogP contribution in [-0.2, 0) is 14.3 Å². The van der Waals surface area contributed by atoms with Crippen LogP contribution in [-0.4, -0.2) is 24.5 Å². The van der Waals surface area contributed by atoms with Crippen LogP contribution in [0.15, 0.2) is 12.2 Å². The highest BCUT2D eigenvalue weighted by Crippen LogP contribution is 2.12. The molecule has 138 valence electrons. The van der Waals surface area contributed by atoms with Crippen molar-refractivity contribution in [3.8, 4) is 0 Å². The maximum atomic E-state index is 11.7. The molecule has 1 fully saturated rings. The normalized spacial score (nSPS) is 17.4. The number of hydrogen-bond donors (Lipinski definition) is 1. The van der Waals surface area contributed by atoms with Gasteiger partial charge in [-0.1, -0.05) is 64.0 Å². The summed E-state index contributed by atoms with van der Waals surface area (Å²) in [5.41, 5.74) is 0. The SMILES string of the molecule is CC/C=C/CCCCCCCCCCCOC(=O)[C@@H]1CCC(=O)N1. The minimum atomic E-state index is -0.407. The Hall–Kier alpha value is -1.32. The molecule has 1 aliphatic rings. The van der Waals surface area contributed by atoms with Crippen molar-refractivity contribution in [1.82, 2.24) is 5.32 Å². The van der Waals surface area contributed by atoms with Gasteiger partial charge in [0.1, 0.15) is 6.04 Å². The van der Waals surface area contributed by atoms with Gasteiger partial charge in [-0.25, -0.2) is 4.79 Å². The molecule has 0 radical (unpaired) electrons. The first-order chi connectivity index (χ1) is 11.7. The number of esters is 1. The van der Waals surface area contributed by atoms with Crippen LogP contribution in [0.25, 0.3) is 0 Å². The molecule has 1 heterocycles. The number of carbonyl (C=O) groups is 2. The standard InChI is InChI=1S/C20H35NO3/c1-2-3-4-5-6-7-8-9-10-11-12-13-14-17-24-20(23)18-15-16-19(22)21-18/h3-4,18H,2,5-17H2,1H3,(H,21,22)/b4-3+/t18-/m0/s1. The van der Waals surface area contributed by atoms with Crippen LogP contribution in [0.1, 0.15) is 90.4 Å². The van der Waals surface area contributed by atoms with Crippen molar-refractivity contribution in [3.05, 3.63) is 12.2 Å². The first kappa shape index (κ1) is 20.7. The lowest BCUT2D eigenvalue weighted by Gasteiger charge is -2.09. The third kappa shape index (κ3) is 10.5. The number of rotatable bonds is 14. The smallest absolute Gasteiger partial charge is 0.328 e. The number of hydrogen-bond acceptors (Lipinski definition) is 3. The maximum Gasteiger partial charge on any atom is 0.328 e. The zero-order valence-corrected chi connectivity index (χ0v) is 15.4. The van der Waals surface area contributed by atoms with E-state index in [4.69, 9.17) is 4.74 Å². The second-order valence-corrected chi connectivity index (χ2v) is 6.68. The van der Waals surface area contributed by atoms with Crippen LogP contribution in [0.2, 0.25) is 0 Å². The van der Waals surface area contributed by atoms with E-state index in [9.17, 15) is 9.59 Å². The van der Waals surface area contributed by atoms with Gasteiger partial charge in [-0.05, 0) is 32.1 Å². The van der Waals surface area contributed by atoms with Gasteiger partial charge in [0, 0.05) is 6.42 Å². The van der Waals surface area contributed by atoms with Gasteiger partial charge < -0.3 is 10.1 Å². The zero-order valence-electron chi connectivity index (χ0n) is 15.4. The second-order valence-electron chi connectivity index (χ2n) is 6.68. The molecular formula is C20H35NO3. The largest absolute Gasteiger partial charge is 0.464 e. The molecular weight excluding hydrogens is 302 g/mol. The van der Waals surface area contributed by atoms with Crippen molar-refractivity contribution >= 4 is 11.9 Å². The van der Waals surface area contributed by atoms with Crippen molar-refractivity contribution in [3.63, 3.8) is 0 Å². The summed E-state index contributed by atoms with van der Waals surface area (Å²) in [6.07, 6.45) is 19.2. The quantitative estimate of drug-likeness (QED) is 0.284. The number of allylic oxidation sites excluding steroid dienone is 2. The van der Waals surface area contributed by atoms with Crippen LogP contribution >= 0.6 is 0 Å². The Kier molecular flexibility index (Phi) is 12.1. The van der Waals surface area contributed by atoms with Gasteiger partial charge in [0.25, 0.3) is 0 Å². The molecule has 0 unspecified atom stereocenters. The Morgan fingerprint density at radius 1 is 1.04 bits per heavy atom. The number of nitrogens with one attached hydrogen (secondary N) is 1. The highest BCUT2D eigenvalue weighted by atomic mass is 16.5. The summed E-state index contributed by atoms with van der Waals surface area (Å²) in [6, 6.07) is -0.407. The molecule has 24 heavy (non-hydrogen) atoms. The summed E-state index contributed by atoms with van der Waals surface area (Å²) >= 11 is 0. The van der Waals surface area contributed by atoms with Gasteiger partial charge in [0.2, 0.25) is 5.91 Å². The first-order valence-electron chi connectivity index (χ1n) is 9.85. The summed E-state index contributed by atoms with van der Waals surface area (Å²) in [4.78, 5) is 22.7. The Labute approximate surface area is 147 Å². The number of ether oxygens (including phenoxy) is 1. The average molecular weight is 338 g/mol. The molecule has 1 aliphatic heterocycles. The fraction of sp³-hybridized carbons (Fsp3) is 0.800. The molecule has 0 aromatic rings. The lowest BCUT2D eigenvalue weighted by molar-refractivity contribution is -0.146. The van der Waals surface area contributed by atoms with E-state index < -0.39 is 6.04 Å². The Balaban J connectivity index is 1.78. The van der Waals surface area contributed by atoms with Crippen LogP contribution in [0, 0.1) is 0 Å². The monoisotopic (exact) mass is 337 g/mol. The van der Waals surface area contributed by atoms with Crippen LogP contribution < -0.4 is 5.32 Å². The van der Waals surface area contributed by atoms with Crippen LogP contribution in [0.5, 0.6) is 0 Å². The summed E-state index contributed by atoms with van der Waals surface area (Å²) in [5, 5.41) is 2.64. The molecule has 0 bridgehead atoms. The lowest BCUT2D eigenvalue weighted by atomic mass is 10.1. The van der Waals surface area contributed by atoms with Gasteiger partial charge in [0.15, 0.2) is 0 Å². The predicted octanol–water partition coefficient (Wildman–Crippen LogP) is 4.68. The van der Waals surface area contributed by atoms with E-state index in [0.29, 0.717) is 19.4 Å². The molecule has 1 atom stereocenters. The van der Waals surface area contributed by atoms with E-state index >= 15 is 0 Å². The van der Waals surface area contributed by atoms with E-state index in [2.05, 4.69) is 24.4 Å². The number of amides is 1. The van der Waals surface area contributed by atoms with Crippen molar-refractivity contribution in [1.29, 1.82) is 0 Å². The number of carbonyl (C=O) groups excluding carboxylic acids is 2. The minimum Gasteiger partial charge on any atom is -0.464 e. The molecule has 1 rings (SSSR count). The zero-order chi connectivity index (χ0) is 17.5. The summed E-state index contributed by atoms with van der Waals surface area (Å²) in [6.45, 7) is 2.66. The summed E-state index contributed by atoms with van der Waals surface area (Å²) in [5.74, 6) is -0.316. The third-order valence-electron chi connectivity index (χ3n) is 4.44. The first-order valence-corrected chi connectivity index (χ1v) is 9.85. The molecule has 4 nitrogen and oxygen atoms in total. The summed E-state index contributed by atoms with van der Waals surface area (Å²) in [7, 11) is 0. The van der Waals surface area contributed by atoms with Crippen molar-refractivity contribution in [2.75, 3.05) is 6.61 Å². The Morgan fingerprint density at radius 2 is 1.67 bits per heavy atom. The van der Waals surface area contributed by atoms with Gasteiger partial charge >= 0.3 is 5.97 Å². The third-order valence-corrected chi connectivity index (χ3v) is 4.44. The van der Waals surface area contributed by atoms with Crippen molar-refractivity contribution in [2.45, 2.75) is 96.4 Å². The molecule has 0 aliphatic carbocycles. The molecule has 1 saturated heterocycles. The van der Waals surface area contributed by atoms with Gasteiger partial charge in [-0.15, -0.1) is 0 Å². The van der Waals surface area contributed by atoms with E-state index in [0.717, 1.165) is 19.3 Å². The van der Waals surface area contributed by atoms with Crippen LogP contribution in [0.4, 0.5) is 0 Å². The molecule has 0 aromatic carbocycles. The molecule has 0 aromatic heterocycles. The van der Waals surface area contributed by atoms with E-state index in [1.165, 1.54) is 51.4 Å². The molecule has 1 N–H and O–H groups in total. The van der Waals surface area contributed by atoms with Gasteiger partial charge in [0.05, 0.1) is 6.61 Å². The molecule has 0 saturated carbocycles. The van der Waals surface area contributed by atoms with Crippen molar-refractivity contribution in [2.24, 2.45) is 0 Å². The average Bonchev–Trinajstić information content (AvgIpc) is 3.01. The Morgan fingerprint density at radius 3 is 2.25 bits per heavy atom. The highest BCUT2D eigenvalue weighted by molar-refractivity contribution is 5.87. The van der Waals surface area contributed by atoms with Gasteiger partial charge in [-0.2, -0.15) is 0 Å². The summed E-state index contributed by atoms with van der Waals surface area (Å²) < 4.78 is 5.22. The molecule has 1 amide bonds. The van der Waals surface area contributed by atoms with Gasteiger partial charge in [-0.3, -0.25) is 4.79 Å². The molecule has 0 spiro atoms. The molecule has 4 heteroatoms. The fourth-order valence-corrected chi connectivity index (χ4v) is 2.95. The number of unbranched alkanes of at least 4 members (excludes halogenated alkanes) is 9. The topological polar surface area (TPSA) is 55.4 Å². The van der Waals surface area contributed by atoms with Crippen molar-refractivity contribution < 1.29 is 14.3 Å². The fourth-order valence-electron chi connectivity index (χ4n) is 2.95. The van der Waals surface area contributed by atoms with E-state index in [1.807, 2.05) is 0 Å². The lowest BCUT2D eigenvalue weighted by Crippen LogP contribution is -2.34. The second kappa shape index (κ2) is 14.1. The van der Waals surface area contributed by atoms with Crippen LogP contribution in [0.3, 0.4) is 0 Å². The predicted molar refractivity (Wildman–Crippen MR) is 97.7 cm³/mol. The minimum absolute atomic E-state index is 0.0469. The van der Waals surface area contributed by atoms with E-state index in [-0.39, 0.29) is 11.9 Å².